The molecular formula is C28H32O17. The second-order valence-electron chi connectivity index (χ2n) is 10.5. The number of ether oxygens (including phenoxy) is 5. The van der Waals surface area contributed by atoms with Gasteiger partial charge >= 0.3 is 0 Å². The third kappa shape index (κ3) is 5.69. The lowest BCUT2D eigenvalue weighted by molar-refractivity contribution is -0.277. The minimum absolute atomic E-state index is 0.0978. The van der Waals surface area contributed by atoms with Crippen molar-refractivity contribution in [3.05, 3.63) is 34.5 Å². The van der Waals surface area contributed by atoms with Crippen LogP contribution in [0.5, 0.6) is 34.5 Å². The maximum absolute atomic E-state index is 14.0. The lowest BCUT2D eigenvalue weighted by Crippen LogP contribution is -2.60. The standard InChI is InChI=1S/C28H32O17/c1-8-16(33)19(36)21(38)27(41-8)45-26-18(35)15-12(32)6-13(40-2)24(44-28-22(39)20(37)17(34)14(7-29)42-28)25(15)43-23(26)9-3-4-10(30)11(31)5-9/h3-6,8,14,16-17,19-22,27-34,36-39H,7H2,1-2H3. The fourth-order valence-corrected chi connectivity index (χ4v) is 5.02. The number of phenolic OH excluding ortho intramolecular Hbond substituents is 3. The van der Waals surface area contributed by atoms with E-state index in [-0.39, 0.29) is 11.3 Å². The van der Waals surface area contributed by atoms with Crippen LogP contribution >= 0.6 is 0 Å². The van der Waals surface area contributed by atoms with E-state index in [1.165, 1.54) is 13.0 Å². The summed E-state index contributed by atoms with van der Waals surface area (Å²) in [6.07, 6.45) is -16.6. The monoisotopic (exact) mass is 640 g/mol. The van der Waals surface area contributed by atoms with E-state index in [4.69, 9.17) is 28.1 Å². The van der Waals surface area contributed by atoms with Crippen molar-refractivity contribution in [2.75, 3.05) is 13.7 Å². The maximum Gasteiger partial charge on any atom is 0.239 e. The van der Waals surface area contributed by atoms with E-state index < -0.39 is 119 Å². The van der Waals surface area contributed by atoms with Gasteiger partial charge in [0.05, 0.1) is 19.8 Å². The van der Waals surface area contributed by atoms with Gasteiger partial charge in [0.15, 0.2) is 28.6 Å². The molecule has 0 radical (unpaired) electrons. The third-order valence-electron chi connectivity index (χ3n) is 7.61. The SMILES string of the molecule is COc1cc(O)c2c(=O)c(OC3OC(C)C(O)C(O)C3O)c(-c3ccc(O)c(O)c3)oc2c1OC1OC(CO)C(O)C(O)C1O. The molecule has 0 aliphatic carbocycles. The predicted molar refractivity (Wildman–Crippen MR) is 147 cm³/mol. The summed E-state index contributed by atoms with van der Waals surface area (Å²) >= 11 is 0. The highest BCUT2D eigenvalue weighted by molar-refractivity contribution is 5.93. The highest BCUT2D eigenvalue weighted by Gasteiger charge is 2.46. The number of hydrogen-bond donors (Lipinski definition) is 10. The molecule has 0 amide bonds. The van der Waals surface area contributed by atoms with Crippen molar-refractivity contribution in [3.63, 3.8) is 0 Å². The van der Waals surface area contributed by atoms with Crippen LogP contribution in [0.25, 0.3) is 22.3 Å². The van der Waals surface area contributed by atoms with Crippen molar-refractivity contribution < 1.29 is 79.2 Å². The van der Waals surface area contributed by atoms with Crippen molar-refractivity contribution in [3.8, 4) is 45.8 Å². The minimum Gasteiger partial charge on any atom is -0.507 e. The van der Waals surface area contributed by atoms with Gasteiger partial charge in [0.1, 0.15) is 53.9 Å². The summed E-state index contributed by atoms with van der Waals surface area (Å²) < 4.78 is 33.6. The fraction of sp³-hybridized carbons (Fsp3) is 0.464. The number of benzene rings is 2. The highest BCUT2D eigenvalue weighted by atomic mass is 16.7. The number of rotatable bonds is 7. The zero-order valence-corrected chi connectivity index (χ0v) is 23.6. The first kappa shape index (κ1) is 32.5. The molecule has 10 N–H and O–H groups in total. The van der Waals surface area contributed by atoms with Crippen molar-refractivity contribution in [1.29, 1.82) is 0 Å². The Kier molecular flexibility index (Phi) is 9.00. The quantitative estimate of drug-likeness (QED) is 0.125. The lowest BCUT2D eigenvalue weighted by Gasteiger charge is -2.39. The van der Waals surface area contributed by atoms with Gasteiger partial charge < -0.3 is 79.2 Å². The molecule has 10 atom stereocenters. The molecule has 2 aliphatic rings. The molecule has 1 aromatic heterocycles. The molecule has 246 valence electrons. The molecule has 0 saturated carbocycles. The van der Waals surface area contributed by atoms with Crippen LogP contribution < -0.4 is 19.6 Å². The van der Waals surface area contributed by atoms with Gasteiger partial charge in [-0.2, -0.15) is 0 Å². The topological polar surface area (TPSA) is 279 Å². The molecule has 45 heavy (non-hydrogen) atoms. The van der Waals surface area contributed by atoms with Crippen LogP contribution in [0.1, 0.15) is 6.92 Å². The number of aromatic hydroxyl groups is 3. The summed E-state index contributed by atoms with van der Waals surface area (Å²) in [5, 5.41) is 102. The first-order valence-corrected chi connectivity index (χ1v) is 13.6. The molecular weight excluding hydrogens is 608 g/mol. The highest BCUT2D eigenvalue weighted by Crippen LogP contribution is 2.45. The summed E-state index contributed by atoms with van der Waals surface area (Å²) in [5.74, 6) is -3.85. The summed E-state index contributed by atoms with van der Waals surface area (Å²) in [4.78, 5) is 14.0. The molecule has 2 saturated heterocycles. The van der Waals surface area contributed by atoms with E-state index in [0.717, 1.165) is 25.3 Å². The van der Waals surface area contributed by atoms with E-state index in [2.05, 4.69) is 0 Å². The van der Waals surface area contributed by atoms with Crippen LogP contribution in [0.2, 0.25) is 0 Å². The average molecular weight is 641 g/mol. The second kappa shape index (κ2) is 12.5. The van der Waals surface area contributed by atoms with E-state index in [0.29, 0.717) is 0 Å². The fourth-order valence-electron chi connectivity index (χ4n) is 5.02. The van der Waals surface area contributed by atoms with Crippen LogP contribution in [-0.2, 0) is 9.47 Å². The molecule has 3 aromatic rings. The van der Waals surface area contributed by atoms with Crippen molar-refractivity contribution in [1.82, 2.24) is 0 Å². The number of hydrogen-bond acceptors (Lipinski definition) is 17. The van der Waals surface area contributed by atoms with Gasteiger partial charge in [-0.25, -0.2) is 0 Å². The Morgan fingerprint density at radius 1 is 0.756 bits per heavy atom. The maximum atomic E-state index is 14.0. The summed E-state index contributed by atoms with van der Waals surface area (Å²) in [6.45, 7) is 0.598. The molecule has 0 spiro atoms. The Bertz CT molecular complexity index is 1600. The number of aliphatic hydroxyl groups excluding tert-OH is 7. The number of fused-ring (bicyclic) bond motifs is 1. The number of methoxy groups -OCH3 is 1. The average Bonchev–Trinajstić information content (AvgIpc) is 3.02. The molecule has 2 aromatic carbocycles. The van der Waals surface area contributed by atoms with Crippen LogP contribution in [-0.4, -0.2) is 126 Å². The molecule has 2 aliphatic heterocycles. The lowest BCUT2D eigenvalue weighted by atomic mass is 9.99. The van der Waals surface area contributed by atoms with Crippen LogP contribution in [0.4, 0.5) is 0 Å². The van der Waals surface area contributed by atoms with E-state index in [9.17, 15) is 55.9 Å². The summed E-state index contributed by atoms with van der Waals surface area (Å²) in [6, 6.07) is 4.21. The van der Waals surface area contributed by atoms with Gasteiger partial charge in [0.25, 0.3) is 0 Å². The van der Waals surface area contributed by atoms with E-state index >= 15 is 0 Å². The van der Waals surface area contributed by atoms with Crippen molar-refractivity contribution >= 4 is 11.0 Å². The molecule has 2 fully saturated rings. The van der Waals surface area contributed by atoms with Gasteiger partial charge in [-0.05, 0) is 25.1 Å². The van der Waals surface area contributed by atoms with Gasteiger partial charge in [0, 0.05) is 11.6 Å². The van der Waals surface area contributed by atoms with Gasteiger partial charge in [-0.1, -0.05) is 0 Å². The molecule has 3 heterocycles. The van der Waals surface area contributed by atoms with Crippen molar-refractivity contribution in [2.45, 2.75) is 68.3 Å². The smallest absolute Gasteiger partial charge is 0.239 e. The summed E-state index contributed by atoms with van der Waals surface area (Å²) in [7, 11) is 1.16. The molecule has 0 bridgehead atoms. The predicted octanol–water partition coefficient (Wildman–Crippen LogP) is -2.03. The molecule has 5 rings (SSSR count). The molecule has 17 heteroatoms. The molecule has 17 nitrogen and oxygen atoms in total. The zero-order chi connectivity index (χ0) is 32.9. The van der Waals surface area contributed by atoms with Crippen LogP contribution in [0, 0.1) is 0 Å². The Balaban J connectivity index is 1.72. The third-order valence-corrected chi connectivity index (χ3v) is 7.61. The van der Waals surface area contributed by atoms with Crippen molar-refractivity contribution in [2.24, 2.45) is 0 Å². The normalized spacial score (nSPS) is 31.9. The van der Waals surface area contributed by atoms with Crippen LogP contribution in [0.15, 0.2) is 33.5 Å². The Morgan fingerprint density at radius 3 is 2.00 bits per heavy atom. The largest absolute Gasteiger partial charge is 0.507 e. The van der Waals surface area contributed by atoms with Gasteiger partial charge in [-0.3, -0.25) is 4.79 Å². The summed E-state index contributed by atoms with van der Waals surface area (Å²) in [5.41, 5.74) is -1.75. The van der Waals surface area contributed by atoms with Crippen LogP contribution in [0.3, 0.4) is 0 Å². The Labute approximate surface area is 252 Å². The minimum atomic E-state index is -1.90. The first-order chi connectivity index (χ1) is 21.3. The number of aliphatic hydroxyl groups is 7. The van der Waals surface area contributed by atoms with Gasteiger partial charge in [0.2, 0.25) is 29.5 Å². The Hall–Kier alpha value is -3.91. The van der Waals surface area contributed by atoms with Gasteiger partial charge in [-0.15, -0.1) is 0 Å². The molecule has 10 unspecified atom stereocenters. The van der Waals surface area contributed by atoms with E-state index in [1.54, 1.807) is 0 Å². The number of phenols is 3. The zero-order valence-electron chi connectivity index (χ0n) is 23.6. The Morgan fingerprint density at radius 2 is 1.38 bits per heavy atom. The second-order valence-corrected chi connectivity index (χ2v) is 10.5. The first-order valence-electron chi connectivity index (χ1n) is 13.6. The van der Waals surface area contributed by atoms with E-state index in [1.807, 2.05) is 0 Å².